The first-order valence-electron chi connectivity index (χ1n) is 5.27. The van der Waals surface area contributed by atoms with Crippen molar-refractivity contribution in [1.82, 2.24) is 9.97 Å². The molecule has 0 amide bonds. The number of benzene rings is 1. The molecule has 19 heavy (non-hydrogen) atoms. The number of aliphatic hydroxyl groups excluding tert-OH is 1. The second-order valence-corrected chi connectivity index (χ2v) is 3.59. The molecule has 0 fully saturated rings. The summed E-state index contributed by atoms with van der Waals surface area (Å²) in [5.74, 6) is 0.212. The topological polar surface area (TPSA) is 55.2 Å². The minimum Gasteiger partial charge on any atom is -0.424 e. The minimum absolute atomic E-state index is 0.212. The normalized spacial score (nSPS) is 11.4. The largest absolute Gasteiger partial charge is 0.433 e. The number of para-hydroxylation sites is 1. The van der Waals surface area contributed by atoms with Crippen molar-refractivity contribution in [3.8, 4) is 11.8 Å². The van der Waals surface area contributed by atoms with Gasteiger partial charge in [-0.1, -0.05) is 18.2 Å². The maximum atomic E-state index is 12.5. The average Bonchev–Trinajstić information content (AvgIpc) is 2.39. The van der Waals surface area contributed by atoms with E-state index in [4.69, 9.17) is 9.84 Å². The summed E-state index contributed by atoms with van der Waals surface area (Å²) in [6.07, 6.45) is -3.59. The van der Waals surface area contributed by atoms with E-state index in [1.165, 1.54) is 6.07 Å². The third kappa shape index (κ3) is 3.19. The van der Waals surface area contributed by atoms with Crippen LogP contribution in [-0.4, -0.2) is 15.1 Å². The smallest absolute Gasteiger partial charge is 0.424 e. The van der Waals surface area contributed by atoms with Gasteiger partial charge in [-0.25, -0.2) is 4.98 Å². The number of halogens is 3. The summed E-state index contributed by atoms with van der Waals surface area (Å²) in [7, 11) is 0. The molecule has 1 N–H and O–H groups in total. The van der Waals surface area contributed by atoms with Gasteiger partial charge < -0.3 is 9.84 Å². The zero-order valence-electron chi connectivity index (χ0n) is 9.55. The fraction of sp³-hybridized carbons (Fsp3) is 0.167. The molecule has 100 valence electrons. The van der Waals surface area contributed by atoms with Gasteiger partial charge in [0.15, 0.2) is 5.69 Å². The molecule has 0 atom stereocenters. The molecule has 1 aromatic heterocycles. The van der Waals surface area contributed by atoms with Gasteiger partial charge in [0.1, 0.15) is 5.75 Å². The molecule has 1 aromatic carbocycles. The third-order valence-electron chi connectivity index (χ3n) is 2.27. The van der Waals surface area contributed by atoms with E-state index in [9.17, 15) is 13.2 Å². The predicted octanol–water partition coefficient (Wildman–Crippen LogP) is 2.78. The lowest BCUT2D eigenvalue weighted by Crippen LogP contribution is -2.09. The van der Waals surface area contributed by atoms with Gasteiger partial charge in [-0.05, 0) is 12.1 Å². The molecular formula is C12H9F3N2O2. The van der Waals surface area contributed by atoms with Crippen LogP contribution in [0.4, 0.5) is 13.2 Å². The number of ether oxygens (including phenoxy) is 1. The number of hydrogen-bond donors (Lipinski definition) is 1. The van der Waals surface area contributed by atoms with Gasteiger partial charge in [0, 0.05) is 11.8 Å². The first-order chi connectivity index (χ1) is 9.00. The number of alkyl halides is 3. The van der Waals surface area contributed by atoms with E-state index >= 15 is 0 Å². The Bertz CT molecular complexity index is 573. The lowest BCUT2D eigenvalue weighted by atomic mass is 10.2. The van der Waals surface area contributed by atoms with Crippen molar-refractivity contribution in [3.05, 3.63) is 47.8 Å². The number of nitrogens with zero attached hydrogens (tertiary/aromatic N) is 2. The molecule has 1 heterocycles. The summed E-state index contributed by atoms with van der Waals surface area (Å²) < 4.78 is 42.6. The van der Waals surface area contributed by atoms with Crippen molar-refractivity contribution in [2.45, 2.75) is 12.8 Å². The van der Waals surface area contributed by atoms with Crippen LogP contribution in [0.25, 0.3) is 0 Å². The summed E-state index contributed by atoms with van der Waals surface area (Å²) in [5.41, 5.74) is -0.650. The van der Waals surface area contributed by atoms with Crippen molar-refractivity contribution in [2.75, 3.05) is 0 Å². The van der Waals surface area contributed by atoms with Gasteiger partial charge in [-0.15, -0.1) is 0 Å². The van der Waals surface area contributed by atoms with Gasteiger partial charge in [-0.3, -0.25) is 0 Å². The van der Waals surface area contributed by atoms with Crippen LogP contribution in [0, 0.1) is 0 Å². The number of aliphatic hydroxyl groups is 1. The van der Waals surface area contributed by atoms with E-state index in [0.717, 1.165) is 12.3 Å². The van der Waals surface area contributed by atoms with Gasteiger partial charge in [-0.2, -0.15) is 18.2 Å². The third-order valence-corrected chi connectivity index (χ3v) is 2.27. The van der Waals surface area contributed by atoms with Gasteiger partial charge in [0.05, 0.1) is 6.61 Å². The number of hydrogen-bond acceptors (Lipinski definition) is 4. The monoisotopic (exact) mass is 270 g/mol. The van der Waals surface area contributed by atoms with Crippen LogP contribution in [0.15, 0.2) is 36.5 Å². The summed E-state index contributed by atoms with van der Waals surface area (Å²) in [6, 6.07) is 6.73. The predicted molar refractivity (Wildman–Crippen MR) is 59.5 cm³/mol. The van der Waals surface area contributed by atoms with E-state index in [1.54, 1.807) is 18.2 Å². The highest BCUT2D eigenvalue weighted by Gasteiger charge is 2.33. The van der Waals surface area contributed by atoms with Crippen LogP contribution in [0.2, 0.25) is 0 Å². The Morgan fingerprint density at radius 2 is 1.89 bits per heavy atom. The Hall–Kier alpha value is -2.15. The zero-order valence-corrected chi connectivity index (χ0v) is 9.55. The van der Waals surface area contributed by atoms with Crippen LogP contribution >= 0.6 is 0 Å². The lowest BCUT2D eigenvalue weighted by molar-refractivity contribution is -0.141. The quantitative estimate of drug-likeness (QED) is 0.931. The zero-order chi connectivity index (χ0) is 13.9. The molecular weight excluding hydrogens is 261 g/mol. The molecule has 0 spiro atoms. The van der Waals surface area contributed by atoms with E-state index in [2.05, 4.69) is 9.97 Å². The SMILES string of the molecule is OCc1ccccc1Oc1nccc(C(F)(F)F)n1. The molecule has 0 saturated heterocycles. The first-order valence-corrected chi connectivity index (χ1v) is 5.27. The fourth-order valence-electron chi connectivity index (χ4n) is 1.38. The summed E-state index contributed by atoms with van der Waals surface area (Å²) in [5, 5.41) is 9.08. The Labute approximate surface area is 106 Å². The Morgan fingerprint density at radius 1 is 1.16 bits per heavy atom. The maximum Gasteiger partial charge on any atom is 0.433 e. The highest BCUT2D eigenvalue weighted by atomic mass is 19.4. The van der Waals surface area contributed by atoms with Crippen molar-refractivity contribution < 1.29 is 23.0 Å². The molecule has 0 aliphatic rings. The fourth-order valence-corrected chi connectivity index (χ4v) is 1.38. The maximum absolute atomic E-state index is 12.5. The summed E-state index contributed by atoms with van der Waals surface area (Å²) in [4.78, 5) is 6.88. The lowest BCUT2D eigenvalue weighted by Gasteiger charge is -2.09. The molecule has 2 rings (SSSR count). The standard InChI is InChI=1S/C12H9F3N2O2/c13-12(14,15)10-5-6-16-11(17-10)19-9-4-2-1-3-8(9)7-18/h1-6,18H,7H2. The molecule has 0 saturated carbocycles. The van der Waals surface area contributed by atoms with Crippen LogP contribution < -0.4 is 4.74 Å². The van der Waals surface area contributed by atoms with E-state index in [-0.39, 0.29) is 12.4 Å². The highest BCUT2D eigenvalue weighted by molar-refractivity contribution is 5.34. The molecule has 4 nitrogen and oxygen atoms in total. The molecule has 0 radical (unpaired) electrons. The van der Waals surface area contributed by atoms with Crippen molar-refractivity contribution in [1.29, 1.82) is 0 Å². The van der Waals surface area contributed by atoms with Crippen molar-refractivity contribution in [3.63, 3.8) is 0 Å². The van der Waals surface area contributed by atoms with Gasteiger partial charge in [0.25, 0.3) is 0 Å². The van der Waals surface area contributed by atoms with Crippen molar-refractivity contribution >= 4 is 0 Å². The summed E-state index contributed by atoms with van der Waals surface area (Å²) in [6.45, 7) is -0.296. The Morgan fingerprint density at radius 3 is 2.58 bits per heavy atom. The van der Waals surface area contributed by atoms with E-state index in [0.29, 0.717) is 5.56 Å². The molecule has 2 aromatic rings. The van der Waals surface area contributed by atoms with Gasteiger partial charge >= 0.3 is 12.2 Å². The summed E-state index contributed by atoms with van der Waals surface area (Å²) >= 11 is 0. The molecule has 0 aliphatic heterocycles. The molecule has 0 aliphatic carbocycles. The molecule has 7 heteroatoms. The molecule has 0 unspecified atom stereocenters. The Kier molecular flexibility index (Phi) is 3.66. The Balaban J connectivity index is 2.29. The number of rotatable bonds is 3. The van der Waals surface area contributed by atoms with E-state index in [1.807, 2.05) is 0 Å². The second kappa shape index (κ2) is 5.23. The van der Waals surface area contributed by atoms with Crippen LogP contribution in [-0.2, 0) is 12.8 Å². The van der Waals surface area contributed by atoms with Crippen LogP contribution in [0.5, 0.6) is 11.8 Å². The second-order valence-electron chi connectivity index (χ2n) is 3.59. The minimum atomic E-state index is -4.56. The highest BCUT2D eigenvalue weighted by Crippen LogP contribution is 2.29. The van der Waals surface area contributed by atoms with Crippen LogP contribution in [0.1, 0.15) is 11.3 Å². The van der Waals surface area contributed by atoms with Gasteiger partial charge in [0.2, 0.25) is 0 Å². The number of aromatic nitrogens is 2. The van der Waals surface area contributed by atoms with Crippen molar-refractivity contribution in [2.24, 2.45) is 0 Å². The first kappa shape index (κ1) is 13.3. The van der Waals surface area contributed by atoms with E-state index < -0.39 is 17.9 Å². The average molecular weight is 270 g/mol. The molecule has 0 bridgehead atoms. The van der Waals surface area contributed by atoms with Crippen LogP contribution in [0.3, 0.4) is 0 Å².